The van der Waals surface area contributed by atoms with Crippen LogP contribution in [0.25, 0.3) is 0 Å². The van der Waals surface area contributed by atoms with Gasteiger partial charge in [0, 0.05) is 64.1 Å². The number of anilines is 2. The molecule has 1 aliphatic heterocycles. The quantitative estimate of drug-likeness (QED) is 0.674. The molecule has 0 spiro atoms. The van der Waals surface area contributed by atoms with Gasteiger partial charge < -0.3 is 15.1 Å². The minimum atomic E-state index is -0.202. The highest BCUT2D eigenvalue weighted by Crippen LogP contribution is 2.27. The molecule has 1 unspecified atom stereocenters. The van der Waals surface area contributed by atoms with Crippen LogP contribution in [0, 0.1) is 11.7 Å². The maximum atomic E-state index is 13.3. The fourth-order valence-corrected chi connectivity index (χ4v) is 5.10. The van der Waals surface area contributed by atoms with Gasteiger partial charge in [0.2, 0.25) is 5.91 Å². The van der Waals surface area contributed by atoms with Gasteiger partial charge in [0.25, 0.3) is 0 Å². The number of carbonyl (C=O) groups is 1. The van der Waals surface area contributed by atoms with Crippen LogP contribution in [0.1, 0.15) is 43.7 Å². The number of halogens is 1. The molecule has 1 amide bonds. The summed E-state index contributed by atoms with van der Waals surface area (Å²) in [5, 5.41) is 3.29. The Labute approximate surface area is 197 Å². The topological polar surface area (TPSA) is 38.8 Å². The lowest BCUT2D eigenvalue weighted by atomic mass is 9.88. The van der Waals surface area contributed by atoms with E-state index in [1.807, 2.05) is 26.2 Å². The molecule has 0 radical (unpaired) electrons. The predicted octanol–water partition coefficient (Wildman–Crippen LogP) is 4.45. The molecule has 0 bridgehead atoms. The SMILES string of the molecule is CN(C)c1ccc(C(CNC(=O)C2CCCCC2)N2CCN(c3ccc(F)cc3)CC2)cc1. The third-order valence-electron chi connectivity index (χ3n) is 7.19. The summed E-state index contributed by atoms with van der Waals surface area (Å²) >= 11 is 0. The molecule has 2 aromatic carbocycles. The summed E-state index contributed by atoms with van der Waals surface area (Å²) in [6, 6.07) is 15.6. The van der Waals surface area contributed by atoms with E-state index in [1.54, 1.807) is 0 Å². The summed E-state index contributed by atoms with van der Waals surface area (Å²) in [5.74, 6) is 0.188. The van der Waals surface area contributed by atoms with E-state index in [2.05, 4.69) is 44.3 Å². The predicted molar refractivity (Wildman–Crippen MR) is 133 cm³/mol. The van der Waals surface area contributed by atoms with E-state index in [1.165, 1.54) is 42.6 Å². The van der Waals surface area contributed by atoms with E-state index in [-0.39, 0.29) is 23.7 Å². The van der Waals surface area contributed by atoms with Gasteiger partial charge in [0.1, 0.15) is 5.82 Å². The van der Waals surface area contributed by atoms with Crippen LogP contribution in [-0.4, -0.2) is 57.6 Å². The Morgan fingerprint density at radius 2 is 1.61 bits per heavy atom. The van der Waals surface area contributed by atoms with Crippen molar-refractivity contribution in [1.82, 2.24) is 10.2 Å². The van der Waals surface area contributed by atoms with Crippen molar-refractivity contribution in [3.05, 3.63) is 59.9 Å². The average molecular weight is 453 g/mol. The molecule has 1 saturated carbocycles. The van der Waals surface area contributed by atoms with Crippen molar-refractivity contribution in [2.75, 3.05) is 56.6 Å². The molecule has 4 rings (SSSR count). The highest BCUT2D eigenvalue weighted by Gasteiger charge is 2.27. The van der Waals surface area contributed by atoms with Crippen LogP contribution < -0.4 is 15.1 Å². The molecule has 33 heavy (non-hydrogen) atoms. The Balaban J connectivity index is 1.44. The fourth-order valence-electron chi connectivity index (χ4n) is 5.10. The Morgan fingerprint density at radius 3 is 2.21 bits per heavy atom. The van der Waals surface area contributed by atoms with Crippen molar-refractivity contribution in [3.63, 3.8) is 0 Å². The van der Waals surface area contributed by atoms with Crippen LogP contribution in [0.3, 0.4) is 0 Å². The van der Waals surface area contributed by atoms with Gasteiger partial charge in [0.15, 0.2) is 0 Å². The number of benzene rings is 2. The number of hydrogen-bond donors (Lipinski definition) is 1. The summed E-state index contributed by atoms with van der Waals surface area (Å²) in [7, 11) is 4.09. The summed E-state index contributed by atoms with van der Waals surface area (Å²) in [6.45, 7) is 4.20. The highest BCUT2D eigenvalue weighted by molar-refractivity contribution is 5.78. The molecule has 178 valence electrons. The zero-order valence-electron chi connectivity index (χ0n) is 20.0. The fraction of sp³-hybridized carbons (Fsp3) is 0.519. The highest BCUT2D eigenvalue weighted by atomic mass is 19.1. The molecule has 1 heterocycles. The van der Waals surface area contributed by atoms with Crippen LogP contribution in [0.15, 0.2) is 48.5 Å². The van der Waals surface area contributed by atoms with Crippen LogP contribution in [-0.2, 0) is 4.79 Å². The largest absolute Gasteiger partial charge is 0.378 e. The minimum Gasteiger partial charge on any atom is -0.378 e. The maximum Gasteiger partial charge on any atom is 0.223 e. The molecular formula is C27H37FN4O. The molecule has 0 aromatic heterocycles. The standard InChI is InChI=1S/C27H37FN4O/c1-30(2)24-12-8-21(9-13-24)26(20-29-27(33)22-6-4-3-5-7-22)32-18-16-31(17-19-32)25-14-10-23(28)11-15-25/h8-15,22,26H,3-7,16-20H2,1-2H3,(H,29,33). The summed E-state index contributed by atoms with van der Waals surface area (Å²) in [6.07, 6.45) is 5.62. The van der Waals surface area contributed by atoms with Crippen LogP contribution in [0.2, 0.25) is 0 Å². The number of rotatable bonds is 7. The van der Waals surface area contributed by atoms with Gasteiger partial charge in [0.05, 0.1) is 6.04 Å². The number of piperazine rings is 1. The molecule has 1 saturated heterocycles. The van der Waals surface area contributed by atoms with Gasteiger partial charge in [-0.2, -0.15) is 0 Å². The van der Waals surface area contributed by atoms with Crippen molar-refractivity contribution in [3.8, 4) is 0 Å². The first-order valence-electron chi connectivity index (χ1n) is 12.3. The molecule has 2 aliphatic rings. The summed E-state index contributed by atoms with van der Waals surface area (Å²) in [5.41, 5.74) is 3.47. The molecule has 1 atom stereocenters. The first-order valence-corrected chi connectivity index (χ1v) is 12.3. The second-order valence-corrected chi connectivity index (χ2v) is 9.58. The lowest BCUT2D eigenvalue weighted by molar-refractivity contribution is -0.126. The second kappa shape index (κ2) is 11.0. The van der Waals surface area contributed by atoms with Crippen molar-refractivity contribution < 1.29 is 9.18 Å². The summed E-state index contributed by atoms with van der Waals surface area (Å²) in [4.78, 5) is 19.7. The number of nitrogens with zero attached hydrogens (tertiary/aromatic N) is 3. The average Bonchev–Trinajstić information content (AvgIpc) is 2.86. The van der Waals surface area contributed by atoms with Crippen LogP contribution >= 0.6 is 0 Å². The first kappa shape index (κ1) is 23.6. The van der Waals surface area contributed by atoms with Crippen LogP contribution in [0.4, 0.5) is 15.8 Å². The Morgan fingerprint density at radius 1 is 0.970 bits per heavy atom. The lowest BCUT2D eigenvalue weighted by Gasteiger charge is -2.40. The van der Waals surface area contributed by atoms with Crippen molar-refractivity contribution in [2.45, 2.75) is 38.1 Å². The van der Waals surface area contributed by atoms with Gasteiger partial charge >= 0.3 is 0 Å². The van der Waals surface area contributed by atoms with E-state index in [0.29, 0.717) is 6.54 Å². The molecule has 2 aromatic rings. The molecule has 6 heteroatoms. The molecule has 1 aliphatic carbocycles. The van der Waals surface area contributed by atoms with E-state index in [4.69, 9.17) is 0 Å². The Bertz CT molecular complexity index is 885. The molecule has 1 N–H and O–H groups in total. The number of carbonyl (C=O) groups excluding carboxylic acids is 1. The smallest absolute Gasteiger partial charge is 0.223 e. The van der Waals surface area contributed by atoms with Gasteiger partial charge in [-0.1, -0.05) is 31.4 Å². The zero-order chi connectivity index (χ0) is 23.2. The van der Waals surface area contributed by atoms with Crippen molar-refractivity contribution >= 4 is 17.3 Å². The number of nitrogens with one attached hydrogen (secondary N) is 1. The van der Waals surface area contributed by atoms with Gasteiger partial charge in [-0.25, -0.2) is 4.39 Å². The number of amides is 1. The monoisotopic (exact) mass is 452 g/mol. The third kappa shape index (κ3) is 6.05. The van der Waals surface area contributed by atoms with Crippen molar-refractivity contribution in [2.24, 2.45) is 5.92 Å². The molecular weight excluding hydrogens is 415 g/mol. The Kier molecular flexibility index (Phi) is 7.86. The van der Waals surface area contributed by atoms with E-state index >= 15 is 0 Å². The zero-order valence-corrected chi connectivity index (χ0v) is 20.0. The normalized spacial score (nSPS) is 18.7. The lowest BCUT2D eigenvalue weighted by Crippen LogP contribution is -2.50. The van der Waals surface area contributed by atoms with Crippen molar-refractivity contribution in [1.29, 1.82) is 0 Å². The molecule has 2 fully saturated rings. The second-order valence-electron chi connectivity index (χ2n) is 9.58. The minimum absolute atomic E-state index is 0.143. The van der Waals surface area contributed by atoms with Gasteiger partial charge in [-0.15, -0.1) is 0 Å². The number of hydrogen-bond acceptors (Lipinski definition) is 4. The van der Waals surface area contributed by atoms with Gasteiger partial charge in [-0.05, 0) is 54.8 Å². The van der Waals surface area contributed by atoms with E-state index in [9.17, 15) is 9.18 Å². The maximum absolute atomic E-state index is 13.3. The van der Waals surface area contributed by atoms with Gasteiger partial charge in [-0.3, -0.25) is 9.69 Å². The Hall–Kier alpha value is -2.60. The molecule has 5 nitrogen and oxygen atoms in total. The first-order chi connectivity index (χ1) is 16.0. The van der Waals surface area contributed by atoms with Crippen LogP contribution in [0.5, 0.6) is 0 Å². The third-order valence-corrected chi connectivity index (χ3v) is 7.19. The summed E-state index contributed by atoms with van der Waals surface area (Å²) < 4.78 is 13.3. The van der Waals surface area contributed by atoms with E-state index in [0.717, 1.165) is 44.7 Å². The van der Waals surface area contributed by atoms with E-state index < -0.39 is 0 Å².